The van der Waals surface area contributed by atoms with Gasteiger partial charge in [-0.2, -0.15) is 0 Å². The summed E-state index contributed by atoms with van der Waals surface area (Å²) in [5.41, 5.74) is 2.18. The number of phenols is 3. The minimum absolute atomic E-state index is 0.0208. The van der Waals surface area contributed by atoms with E-state index >= 15 is 0 Å². The average Bonchev–Trinajstić information content (AvgIpc) is 3.27. The number of hydrogen-bond acceptors (Lipinski definition) is 7. The van der Waals surface area contributed by atoms with Crippen molar-refractivity contribution in [3.63, 3.8) is 0 Å². The molecule has 0 aliphatic carbocycles. The molecule has 0 radical (unpaired) electrons. The lowest BCUT2D eigenvalue weighted by Gasteiger charge is -2.20. The van der Waals surface area contributed by atoms with Crippen molar-refractivity contribution in [3.05, 3.63) is 71.3 Å². The van der Waals surface area contributed by atoms with Crippen LogP contribution in [0.4, 0.5) is 0 Å². The summed E-state index contributed by atoms with van der Waals surface area (Å²) in [5, 5.41) is 32.6. The van der Waals surface area contributed by atoms with Gasteiger partial charge in [-0.3, -0.25) is 4.79 Å². The van der Waals surface area contributed by atoms with E-state index in [-0.39, 0.29) is 36.4 Å². The normalized spacial score (nSPS) is 12.9. The highest BCUT2D eigenvalue weighted by molar-refractivity contribution is 5.78. The second-order valence-electron chi connectivity index (χ2n) is 7.72. The van der Waals surface area contributed by atoms with E-state index in [1.54, 1.807) is 19.2 Å². The van der Waals surface area contributed by atoms with Crippen molar-refractivity contribution in [1.82, 2.24) is 5.32 Å². The Hall–Kier alpha value is -4.07. The first-order valence-corrected chi connectivity index (χ1v) is 10.5. The monoisotopic (exact) mass is 451 g/mol. The van der Waals surface area contributed by atoms with Crippen molar-refractivity contribution in [2.24, 2.45) is 0 Å². The van der Waals surface area contributed by atoms with E-state index in [0.29, 0.717) is 35.8 Å². The van der Waals surface area contributed by atoms with Gasteiger partial charge in [-0.05, 0) is 47.9 Å². The Morgan fingerprint density at radius 1 is 0.970 bits per heavy atom. The van der Waals surface area contributed by atoms with Gasteiger partial charge in [0.05, 0.1) is 7.11 Å². The molecule has 0 saturated carbocycles. The summed E-state index contributed by atoms with van der Waals surface area (Å²) >= 11 is 0. The maximum Gasteiger partial charge on any atom is 0.231 e. The maximum atomic E-state index is 12.8. The number of carbonyl (C=O) groups is 1. The molecule has 0 bridgehead atoms. The van der Waals surface area contributed by atoms with Crippen molar-refractivity contribution in [3.8, 4) is 34.5 Å². The first-order valence-electron chi connectivity index (χ1n) is 10.5. The molecule has 1 amide bonds. The molecule has 1 aliphatic heterocycles. The molecule has 1 atom stereocenters. The van der Waals surface area contributed by atoms with Crippen molar-refractivity contribution < 1.29 is 34.3 Å². The van der Waals surface area contributed by atoms with E-state index in [0.717, 1.165) is 11.1 Å². The van der Waals surface area contributed by atoms with Gasteiger partial charge in [-0.1, -0.05) is 18.2 Å². The zero-order chi connectivity index (χ0) is 23.4. The minimum atomic E-state index is -0.428. The van der Waals surface area contributed by atoms with E-state index in [9.17, 15) is 20.1 Å². The fourth-order valence-corrected chi connectivity index (χ4v) is 3.80. The van der Waals surface area contributed by atoms with Gasteiger partial charge in [0.1, 0.15) is 11.5 Å². The molecule has 3 aromatic carbocycles. The van der Waals surface area contributed by atoms with Crippen molar-refractivity contribution in [2.45, 2.75) is 18.8 Å². The number of ether oxygens (including phenoxy) is 3. The molecule has 0 saturated heterocycles. The van der Waals surface area contributed by atoms with E-state index < -0.39 is 5.92 Å². The maximum absolute atomic E-state index is 12.8. The number of benzene rings is 3. The van der Waals surface area contributed by atoms with Crippen LogP contribution >= 0.6 is 0 Å². The summed E-state index contributed by atoms with van der Waals surface area (Å²) in [6.07, 6.45) is 0.586. The zero-order valence-electron chi connectivity index (χ0n) is 18.1. The topological polar surface area (TPSA) is 117 Å². The molecule has 4 rings (SSSR count). The average molecular weight is 451 g/mol. The third-order valence-electron chi connectivity index (χ3n) is 5.58. The Balaban J connectivity index is 1.51. The molecule has 0 aromatic heterocycles. The van der Waals surface area contributed by atoms with Crippen LogP contribution in [0.15, 0.2) is 54.6 Å². The lowest BCUT2D eigenvalue weighted by molar-refractivity contribution is -0.121. The number of hydrogen-bond donors (Lipinski definition) is 4. The lowest BCUT2D eigenvalue weighted by atomic mass is 9.87. The summed E-state index contributed by atoms with van der Waals surface area (Å²) in [6.45, 7) is 0.435. The van der Waals surface area contributed by atoms with Gasteiger partial charge in [0.25, 0.3) is 0 Å². The second-order valence-corrected chi connectivity index (χ2v) is 7.72. The molecule has 1 aliphatic rings. The molecule has 172 valence electrons. The number of nitrogens with one attached hydrogen (secondary N) is 1. The van der Waals surface area contributed by atoms with E-state index in [4.69, 9.17) is 14.2 Å². The predicted molar refractivity (Wildman–Crippen MR) is 120 cm³/mol. The van der Waals surface area contributed by atoms with Gasteiger partial charge in [-0.15, -0.1) is 0 Å². The van der Waals surface area contributed by atoms with Crippen molar-refractivity contribution in [2.75, 3.05) is 20.4 Å². The van der Waals surface area contributed by atoms with Crippen LogP contribution < -0.4 is 19.5 Å². The number of phenolic OH excluding ortho intramolecular Hbond substituents is 3. The van der Waals surface area contributed by atoms with Gasteiger partial charge < -0.3 is 34.8 Å². The summed E-state index contributed by atoms with van der Waals surface area (Å²) in [4.78, 5) is 12.8. The van der Waals surface area contributed by atoms with E-state index in [2.05, 4.69) is 5.32 Å². The number of rotatable bonds is 8. The summed E-state index contributed by atoms with van der Waals surface area (Å²) in [6, 6.07) is 15.1. The molecule has 1 heterocycles. The van der Waals surface area contributed by atoms with Crippen LogP contribution in [0.5, 0.6) is 34.5 Å². The quantitative estimate of drug-likeness (QED) is 0.388. The molecule has 3 aromatic rings. The van der Waals surface area contributed by atoms with Gasteiger partial charge >= 0.3 is 0 Å². The number of fused-ring (bicyclic) bond motifs is 1. The van der Waals surface area contributed by atoms with Crippen LogP contribution in [-0.2, 0) is 11.2 Å². The third-order valence-corrected chi connectivity index (χ3v) is 5.58. The first-order chi connectivity index (χ1) is 15.9. The van der Waals surface area contributed by atoms with Crippen molar-refractivity contribution in [1.29, 1.82) is 0 Å². The number of amides is 1. The Kier molecular flexibility index (Phi) is 6.44. The predicted octanol–water partition coefficient (Wildman–Crippen LogP) is 3.42. The number of carbonyl (C=O) groups excluding carboxylic acids is 1. The fraction of sp³-hybridized carbons (Fsp3) is 0.240. The highest BCUT2D eigenvalue weighted by Crippen LogP contribution is 2.43. The van der Waals surface area contributed by atoms with Crippen LogP contribution in [0.2, 0.25) is 0 Å². The number of aromatic hydroxyl groups is 3. The molecule has 33 heavy (non-hydrogen) atoms. The largest absolute Gasteiger partial charge is 0.508 e. The minimum Gasteiger partial charge on any atom is -0.508 e. The van der Waals surface area contributed by atoms with Crippen LogP contribution in [0, 0.1) is 0 Å². The summed E-state index contributed by atoms with van der Waals surface area (Å²) in [5.74, 6) is 0.686. The second kappa shape index (κ2) is 9.60. The van der Waals surface area contributed by atoms with Gasteiger partial charge in [0.15, 0.2) is 23.0 Å². The van der Waals surface area contributed by atoms with Crippen molar-refractivity contribution >= 4 is 5.91 Å². The molecular formula is C25H25NO7. The van der Waals surface area contributed by atoms with Crippen LogP contribution in [0.1, 0.15) is 29.0 Å². The first kappa shape index (κ1) is 22.1. The SMILES string of the molecule is COc1ccc(C(CC(=O)NCCc2ccc(O)c(O)c2)c2cc3c(cc2O)OCO3)cc1. The van der Waals surface area contributed by atoms with Crippen LogP contribution in [0.25, 0.3) is 0 Å². The molecule has 1 unspecified atom stereocenters. The molecule has 0 fully saturated rings. The Morgan fingerprint density at radius 3 is 2.39 bits per heavy atom. The highest BCUT2D eigenvalue weighted by atomic mass is 16.7. The molecular weight excluding hydrogens is 426 g/mol. The van der Waals surface area contributed by atoms with Crippen LogP contribution in [0.3, 0.4) is 0 Å². The molecule has 4 N–H and O–H groups in total. The molecule has 8 heteroatoms. The summed E-state index contributed by atoms with van der Waals surface area (Å²) < 4.78 is 16.0. The zero-order valence-corrected chi connectivity index (χ0v) is 18.1. The Morgan fingerprint density at radius 2 is 1.70 bits per heavy atom. The highest BCUT2D eigenvalue weighted by Gasteiger charge is 2.25. The summed E-state index contributed by atoms with van der Waals surface area (Å²) in [7, 11) is 1.58. The van der Waals surface area contributed by atoms with E-state index in [1.165, 1.54) is 18.2 Å². The van der Waals surface area contributed by atoms with Gasteiger partial charge in [-0.25, -0.2) is 0 Å². The van der Waals surface area contributed by atoms with Gasteiger partial charge in [0.2, 0.25) is 12.7 Å². The Labute approximate surface area is 191 Å². The Bertz CT molecular complexity index is 1140. The smallest absolute Gasteiger partial charge is 0.231 e. The van der Waals surface area contributed by atoms with Crippen LogP contribution in [-0.4, -0.2) is 41.7 Å². The molecule has 0 spiro atoms. The standard InChI is InChI=1S/C25H25NO7/c1-31-17-5-3-16(4-6-17)18(19-11-23-24(13-21(19)28)33-14-32-23)12-25(30)26-9-8-15-2-7-20(27)22(29)10-15/h2-7,10-11,13,18,27-29H,8-9,12,14H2,1H3,(H,26,30). The fourth-order valence-electron chi connectivity index (χ4n) is 3.80. The third kappa shape index (κ3) is 5.06. The molecule has 8 nitrogen and oxygen atoms in total. The van der Waals surface area contributed by atoms with E-state index in [1.807, 2.05) is 24.3 Å². The lowest BCUT2D eigenvalue weighted by Crippen LogP contribution is -2.27. The number of methoxy groups -OCH3 is 1. The van der Waals surface area contributed by atoms with Gasteiger partial charge in [0, 0.05) is 30.5 Å².